The van der Waals surface area contributed by atoms with E-state index < -0.39 is 0 Å². The van der Waals surface area contributed by atoms with Crippen molar-refractivity contribution >= 4 is 5.69 Å². The highest BCUT2D eigenvalue weighted by Crippen LogP contribution is 2.23. The molecule has 0 saturated heterocycles. The van der Waals surface area contributed by atoms with Gasteiger partial charge >= 0.3 is 0 Å². The fraction of sp³-hybridized carbons (Fsp3) is 0.222. The zero-order valence-electron chi connectivity index (χ0n) is 12.1. The van der Waals surface area contributed by atoms with Crippen LogP contribution in [0.15, 0.2) is 49.1 Å². The van der Waals surface area contributed by atoms with Crippen molar-refractivity contribution in [3.63, 3.8) is 0 Å². The molecule has 0 aliphatic heterocycles. The van der Waals surface area contributed by atoms with Crippen LogP contribution in [0.25, 0.3) is 0 Å². The van der Waals surface area contributed by atoms with Crippen LogP contribution in [0.3, 0.4) is 0 Å². The van der Waals surface area contributed by atoms with E-state index in [-0.39, 0.29) is 0 Å². The van der Waals surface area contributed by atoms with Crippen molar-refractivity contribution in [1.29, 1.82) is 0 Å². The molecule has 2 aromatic rings. The zero-order valence-corrected chi connectivity index (χ0v) is 12.1. The minimum Gasteiger partial charge on any atom is -0.489 e. The first-order valence-corrected chi connectivity index (χ1v) is 6.78. The second-order valence-corrected chi connectivity index (χ2v) is 5.14. The van der Waals surface area contributed by atoms with Crippen LogP contribution in [0.2, 0.25) is 0 Å². The minimum absolute atomic E-state index is 0.566. The van der Waals surface area contributed by atoms with Gasteiger partial charge in [-0.25, -0.2) is 0 Å². The van der Waals surface area contributed by atoms with Gasteiger partial charge < -0.3 is 10.5 Å². The van der Waals surface area contributed by atoms with Gasteiger partial charge in [0.2, 0.25) is 0 Å². The second-order valence-electron chi connectivity index (χ2n) is 5.14. The average Bonchev–Trinajstić information content (AvgIpc) is 2.37. The number of nitrogen functional groups attached to an aromatic ring is 1. The number of hydrogen-bond acceptors (Lipinski definition) is 2. The van der Waals surface area contributed by atoms with Gasteiger partial charge in [-0.3, -0.25) is 0 Å². The summed E-state index contributed by atoms with van der Waals surface area (Å²) in [5.74, 6) is 0.873. The summed E-state index contributed by atoms with van der Waals surface area (Å²) in [6.45, 7) is 8.54. The molecule has 0 aliphatic rings. The lowest BCUT2D eigenvalue weighted by molar-refractivity contribution is 0.303. The van der Waals surface area contributed by atoms with Crippen molar-refractivity contribution in [3.05, 3.63) is 71.3 Å². The Morgan fingerprint density at radius 1 is 1.10 bits per heavy atom. The molecule has 2 nitrogen and oxygen atoms in total. The second kappa shape index (κ2) is 6.29. The number of allylic oxidation sites excluding steroid dienone is 1. The van der Waals surface area contributed by atoms with Crippen molar-refractivity contribution in [2.24, 2.45) is 0 Å². The third-order valence-corrected chi connectivity index (χ3v) is 3.12. The molecule has 0 heterocycles. The summed E-state index contributed by atoms with van der Waals surface area (Å²) in [5.41, 5.74) is 11.3. The van der Waals surface area contributed by atoms with Gasteiger partial charge in [-0.15, -0.1) is 6.58 Å². The maximum atomic E-state index is 5.94. The third-order valence-electron chi connectivity index (χ3n) is 3.12. The SMILES string of the molecule is C=CCc1cc(N)ccc1OCc1cc(C)cc(C)c1. The van der Waals surface area contributed by atoms with Gasteiger partial charge in [-0.1, -0.05) is 35.4 Å². The van der Waals surface area contributed by atoms with Crippen LogP contribution in [-0.2, 0) is 13.0 Å². The molecule has 0 amide bonds. The van der Waals surface area contributed by atoms with Crippen molar-refractivity contribution in [2.45, 2.75) is 26.9 Å². The Morgan fingerprint density at radius 3 is 2.45 bits per heavy atom. The summed E-state index contributed by atoms with van der Waals surface area (Å²) >= 11 is 0. The number of aryl methyl sites for hydroxylation is 2. The van der Waals surface area contributed by atoms with Crippen LogP contribution in [0.4, 0.5) is 5.69 Å². The molecule has 0 radical (unpaired) electrons. The standard InChI is InChI=1S/C18H21NO/c1-4-5-16-11-17(19)6-7-18(16)20-12-15-9-13(2)8-14(3)10-15/h4,6-11H,1,5,12,19H2,2-3H3. The summed E-state index contributed by atoms with van der Waals surface area (Å²) < 4.78 is 5.94. The summed E-state index contributed by atoms with van der Waals surface area (Å²) in [7, 11) is 0. The van der Waals surface area contributed by atoms with Gasteiger partial charge in [0, 0.05) is 5.69 Å². The zero-order chi connectivity index (χ0) is 14.5. The molecule has 2 aromatic carbocycles. The van der Waals surface area contributed by atoms with Gasteiger partial charge in [-0.05, 0) is 49.6 Å². The van der Waals surface area contributed by atoms with E-state index >= 15 is 0 Å². The van der Waals surface area contributed by atoms with Crippen LogP contribution in [0.5, 0.6) is 5.75 Å². The lowest BCUT2D eigenvalue weighted by atomic mass is 10.1. The molecule has 0 fully saturated rings. The maximum Gasteiger partial charge on any atom is 0.123 e. The van der Waals surface area contributed by atoms with Gasteiger partial charge in [0.15, 0.2) is 0 Å². The van der Waals surface area contributed by atoms with E-state index in [9.17, 15) is 0 Å². The van der Waals surface area contributed by atoms with E-state index in [0.717, 1.165) is 23.4 Å². The molecule has 0 aromatic heterocycles. The quantitative estimate of drug-likeness (QED) is 0.651. The fourth-order valence-corrected chi connectivity index (χ4v) is 2.37. The number of anilines is 1. The lowest BCUT2D eigenvalue weighted by Crippen LogP contribution is -2.00. The molecule has 0 aliphatic carbocycles. The van der Waals surface area contributed by atoms with Crippen LogP contribution < -0.4 is 10.5 Å². The fourth-order valence-electron chi connectivity index (χ4n) is 2.37. The van der Waals surface area contributed by atoms with E-state index in [0.29, 0.717) is 6.61 Å². The van der Waals surface area contributed by atoms with Crippen molar-refractivity contribution < 1.29 is 4.74 Å². The molecular formula is C18H21NO. The van der Waals surface area contributed by atoms with Crippen LogP contribution in [0, 0.1) is 13.8 Å². The maximum absolute atomic E-state index is 5.94. The number of nitrogens with two attached hydrogens (primary N) is 1. The first-order valence-electron chi connectivity index (χ1n) is 6.78. The molecule has 0 unspecified atom stereocenters. The van der Waals surface area contributed by atoms with Crippen molar-refractivity contribution in [3.8, 4) is 5.75 Å². The first-order chi connectivity index (χ1) is 9.58. The summed E-state index contributed by atoms with van der Waals surface area (Å²) in [5, 5.41) is 0. The molecule has 20 heavy (non-hydrogen) atoms. The third kappa shape index (κ3) is 3.64. The van der Waals surface area contributed by atoms with E-state index in [1.165, 1.54) is 16.7 Å². The Labute approximate surface area is 120 Å². The van der Waals surface area contributed by atoms with Crippen molar-refractivity contribution in [2.75, 3.05) is 5.73 Å². The first kappa shape index (κ1) is 14.2. The smallest absolute Gasteiger partial charge is 0.123 e. The summed E-state index contributed by atoms with van der Waals surface area (Å²) in [6.07, 6.45) is 2.62. The monoisotopic (exact) mass is 267 g/mol. The van der Waals surface area contributed by atoms with Gasteiger partial charge in [0.25, 0.3) is 0 Å². The molecule has 2 heteroatoms. The topological polar surface area (TPSA) is 35.2 Å². The van der Waals surface area contributed by atoms with Gasteiger partial charge in [0.05, 0.1) is 0 Å². The Balaban J connectivity index is 2.15. The number of benzene rings is 2. The van der Waals surface area contributed by atoms with Gasteiger partial charge in [-0.2, -0.15) is 0 Å². The molecule has 0 spiro atoms. The Kier molecular flexibility index (Phi) is 4.46. The predicted octanol–water partition coefficient (Wildman–Crippen LogP) is 4.19. The largest absolute Gasteiger partial charge is 0.489 e. The average molecular weight is 267 g/mol. The highest BCUT2D eigenvalue weighted by Gasteiger charge is 2.04. The van der Waals surface area contributed by atoms with E-state index in [1.54, 1.807) is 0 Å². The van der Waals surface area contributed by atoms with Crippen LogP contribution >= 0.6 is 0 Å². The molecule has 2 rings (SSSR count). The number of hydrogen-bond donors (Lipinski definition) is 1. The van der Waals surface area contributed by atoms with E-state index in [2.05, 4.69) is 38.6 Å². The molecule has 0 saturated carbocycles. The molecular weight excluding hydrogens is 246 g/mol. The Morgan fingerprint density at radius 2 is 1.80 bits per heavy atom. The van der Waals surface area contributed by atoms with Crippen molar-refractivity contribution in [1.82, 2.24) is 0 Å². The molecule has 0 bridgehead atoms. The van der Waals surface area contributed by atoms with Crippen LogP contribution in [0.1, 0.15) is 22.3 Å². The normalized spacial score (nSPS) is 10.3. The molecule has 2 N–H and O–H groups in total. The highest BCUT2D eigenvalue weighted by molar-refractivity contribution is 5.48. The number of ether oxygens (including phenoxy) is 1. The molecule has 0 atom stereocenters. The van der Waals surface area contributed by atoms with Gasteiger partial charge in [0.1, 0.15) is 12.4 Å². The lowest BCUT2D eigenvalue weighted by Gasteiger charge is -2.12. The summed E-state index contributed by atoms with van der Waals surface area (Å²) in [6, 6.07) is 12.2. The summed E-state index contributed by atoms with van der Waals surface area (Å²) in [4.78, 5) is 0. The highest BCUT2D eigenvalue weighted by atomic mass is 16.5. The van der Waals surface area contributed by atoms with E-state index in [4.69, 9.17) is 10.5 Å². The predicted molar refractivity (Wildman–Crippen MR) is 85.0 cm³/mol. The minimum atomic E-state index is 0.566. The Hall–Kier alpha value is -2.22. The Bertz CT molecular complexity index is 597. The van der Waals surface area contributed by atoms with Crippen LogP contribution in [-0.4, -0.2) is 0 Å². The number of rotatable bonds is 5. The van der Waals surface area contributed by atoms with E-state index in [1.807, 2.05) is 24.3 Å². The molecule has 104 valence electrons.